The Labute approximate surface area is 177 Å². The third-order valence-corrected chi connectivity index (χ3v) is 8.12. The SMILES string of the molecule is Cl.Cl.[CH2]=[Ti]([O]c1cc(OC)cc(C(C)(C)C)c1)[C]1=C(C)C(C)=C(C)C1C. The quantitative estimate of drug-likeness (QED) is 0.507. The van der Waals surface area contributed by atoms with Gasteiger partial charge in [0.1, 0.15) is 0 Å². The van der Waals surface area contributed by atoms with Gasteiger partial charge in [0.2, 0.25) is 0 Å². The monoisotopic (exact) mass is 434 g/mol. The van der Waals surface area contributed by atoms with E-state index in [1.54, 1.807) is 7.11 Å². The first kappa shape index (κ1) is 25.5. The molecular weight excluding hydrogens is 403 g/mol. The van der Waals surface area contributed by atoms with Crippen molar-refractivity contribution in [2.75, 3.05) is 7.11 Å². The maximum atomic E-state index is 6.41. The van der Waals surface area contributed by atoms with E-state index in [0.717, 1.165) is 11.5 Å². The van der Waals surface area contributed by atoms with Crippen LogP contribution in [0.15, 0.2) is 38.8 Å². The number of ether oxygens (including phenoxy) is 1. The number of hydrogen-bond donors (Lipinski definition) is 0. The molecule has 1 unspecified atom stereocenters. The van der Waals surface area contributed by atoms with Crippen LogP contribution in [-0.4, -0.2) is 11.9 Å². The van der Waals surface area contributed by atoms with E-state index in [-0.39, 0.29) is 30.2 Å². The molecule has 0 bridgehead atoms. The van der Waals surface area contributed by atoms with E-state index in [9.17, 15) is 0 Å². The summed E-state index contributed by atoms with van der Waals surface area (Å²) in [5.41, 5.74) is 5.54. The first-order valence-corrected chi connectivity index (χ1v) is 11.0. The molecule has 1 aromatic rings. The van der Waals surface area contributed by atoms with Crippen LogP contribution in [0.2, 0.25) is 0 Å². The Morgan fingerprint density at radius 2 is 1.50 bits per heavy atom. The summed E-state index contributed by atoms with van der Waals surface area (Å²) in [4.78, 5) is 4.45. The molecule has 0 saturated carbocycles. The summed E-state index contributed by atoms with van der Waals surface area (Å²) in [6.45, 7) is 15.5. The topological polar surface area (TPSA) is 18.5 Å². The fourth-order valence-corrected chi connectivity index (χ4v) is 6.03. The zero-order valence-corrected chi connectivity index (χ0v) is 20.3. The van der Waals surface area contributed by atoms with Gasteiger partial charge in [-0.2, -0.15) is 0 Å². The second-order valence-electron chi connectivity index (χ2n) is 7.74. The van der Waals surface area contributed by atoms with Crippen LogP contribution in [-0.2, 0) is 23.2 Å². The molecule has 0 heterocycles. The number of benzene rings is 1. The molecule has 0 aliphatic heterocycles. The standard InChI is InChI=1S/C11H16O2.C9H13.CH2.2ClH.Ti/c1-11(2,3)8-5-9(12)7-10(6-8)13-4;1-6-5-7(2)9(4)8(6)3;;;;/h5-7,12H,1-4H3;6H,1-4H3;1H2;2*1H;/q;;;;;+1/p-1. The minimum atomic E-state index is -2.06. The third-order valence-electron chi connectivity index (χ3n) is 5.16. The summed E-state index contributed by atoms with van der Waals surface area (Å²) in [5.74, 6) is 2.20. The van der Waals surface area contributed by atoms with Crippen LogP contribution in [0.1, 0.15) is 54.0 Å². The van der Waals surface area contributed by atoms with Crippen molar-refractivity contribution in [1.82, 2.24) is 0 Å². The van der Waals surface area contributed by atoms with Gasteiger partial charge < -0.3 is 0 Å². The first-order valence-electron chi connectivity index (χ1n) is 8.51. The van der Waals surface area contributed by atoms with Gasteiger partial charge in [0.25, 0.3) is 0 Å². The van der Waals surface area contributed by atoms with E-state index in [1.165, 1.54) is 26.2 Å². The molecule has 1 aromatic carbocycles. The second kappa shape index (κ2) is 9.60. The predicted octanol–water partition coefficient (Wildman–Crippen LogP) is 6.44. The van der Waals surface area contributed by atoms with E-state index in [4.69, 9.17) is 8.06 Å². The Morgan fingerprint density at radius 1 is 0.962 bits per heavy atom. The Morgan fingerprint density at radius 3 is 1.92 bits per heavy atom. The molecule has 1 atom stereocenters. The zero-order chi connectivity index (χ0) is 18.2. The summed E-state index contributed by atoms with van der Waals surface area (Å²) >= 11 is -2.06. The predicted molar refractivity (Wildman–Crippen MR) is 114 cm³/mol. The molecule has 0 radical (unpaired) electrons. The number of allylic oxidation sites excluding steroid dienone is 4. The van der Waals surface area contributed by atoms with Crippen molar-refractivity contribution in [3.63, 3.8) is 0 Å². The van der Waals surface area contributed by atoms with Crippen LogP contribution in [0, 0.1) is 5.92 Å². The average molecular weight is 435 g/mol. The number of hydrogen-bond acceptors (Lipinski definition) is 2. The van der Waals surface area contributed by atoms with E-state index in [2.05, 4.69) is 65.4 Å². The second-order valence-corrected chi connectivity index (χ2v) is 10.2. The Balaban J connectivity index is 0.00000312. The molecule has 0 spiro atoms. The molecule has 1 aliphatic rings. The molecule has 0 saturated heterocycles. The molecule has 1 aliphatic carbocycles. The first-order chi connectivity index (χ1) is 11.1. The normalized spacial score (nSPS) is 16.8. The van der Waals surface area contributed by atoms with Crippen molar-refractivity contribution in [1.29, 1.82) is 0 Å². The van der Waals surface area contributed by atoms with Gasteiger partial charge in [0.05, 0.1) is 0 Å². The van der Waals surface area contributed by atoms with Gasteiger partial charge in [-0.25, -0.2) is 0 Å². The van der Waals surface area contributed by atoms with Gasteiger partial charge in [-0.15, -0.1) is 24.8 Å². The fourth-order valence-electron chi connectivity index (χ4n) is 3.19. The summed E-state index contributed by atoms with van der Waals surface area (Å²) < 4.78 is 13.3. The van der Waals surface area contributed by atoms with Crippen molar-refractivity contribution in [2.45, 2.75) is 53.9 Å². The molecule has 0 amide bonds. The van der Waals surface area contributed by atoms with Crippen LogP contribution in [0.25, 0.3) is 0 Å². The summed E-state index contributed by atoms with van der Waals surface area (Å²) in [6, 6.07) is 6.22. The van der Waals surface area contributed by atoms with Crippen molar-refractivity contribution < 1.29 is 25.9 Å². The average Bonchev–Trinajstić information content (AvgIpc) is 2.69. The van der Waals surface area contributed by atoms with Crippen molar-refractivity contribution in [3.05, 3.63) is 44.4 Å². The van der Waals surface area contributed by atoms with Gasteiger partial charge in [0.15, 0.2) is 0 Å². The van der Waals surface area contributed by atoms with Crippen LogP contribution < -0.4 is 8.06 Å². The minimum absolute atomic E-state index is 0. The van der Waals surface area contributed by atoms with E-state index >= 15 is 0 Å². The van der Waals surface area contributed by atoms with Gasteiger partial charge >= 0.3 is 153 Å². The zero-order valence-electron chi connectivity index (χ0n) is 17.1. The van der Waals surface area contributed by atoms with E-state index < -0.39 is 17.8 Å². The summed E-state index contributed by atoms with van der Waals surface area (Å²) in [5, 5.41) is 0. The molecular formula is C21H32Cl2O2Ti. The number of methoxy groups -OCH3 is 1. The molecule has 146 valence electrons. The van der Waals surface area contributed by atoms with Crippen molar-refractivity contribution in [3.8, 4) is 11.5 Å². The Kier molecular flexibility index (Phi) is 9.40. The molecule has 0 N–H and O–H groups in total. The maximum absolute atomic E-state index is 6.41. The summed E-state index contributed by atoms with van der Waals surface area (Å²) in [7, 11) is 1.70. The molecule has 2 rings (SSSR count). The number of rotatable bonds is 4. The Hall–Kier alpha value is -0.536. The fraction of sp³-hybridized carbons (Fsp3) is 0.476. The molecule has 5 heteroatoms. The number of halogens is 2. The molecule has 0 aromatic heterocycles. The van der Waals surface area contributed by atoms with E-state index in [0.29, 0.717) is 5.92 Å². The van der Waals surface area contributed by atoms with Crippen LogP contribution >= 0.6 is 24.8 Å². The molecule has 26 heavy (non-hydrogen) atoms. The van der Waals surface area contributed by atoms with Crippen LogP contribution in [0.4, 0.5) is 0 Å². The van der Waals surface area contributed by atoms with E-state index in [1.807, 2.05) is 6.07 Å². The van der Waals surface area contributed by atoms with Crippen LogP contribution in [0.5, 0.6) is 11.5 Å². The van der Waals surface area contributed by atoms with Gasteiger partial charge in [-0.3, -0.25) is 0 Å². The third kappa shape index (κ3) is 5.26. The van der Waals surface area contributed by atoms with Gasteiger partial charge in [0, 0.05) is 0 Å². The molecule has 0 fully saturated rings. The van der Waals surface area contributed by atoms with Crippen LogP contribution in [0.3, 0.4) is 0 Å². The van der Waals surface area contributed by atoms with Gasteiger partial charge in [-0.05, 0) is 0 Å². The van der Waals surface area contributed by atoms with Crippen molar-refractivity contribution in [2.24, 2.45) is 5.92 Å². The van der Waals surface area contributed by atoms with Gasteiger partial charge in [-0.1, -0.05) is 0 Å². The summed E-state index contributed by atoms with van der Waals surface area (Å²) in [6.07, 6.45) is 0. The molecule has 2 nitrogen and oxygen atoms in total. The van der Waals surface area contributed by atoms with Crippen molar-refractivity contribution >= 4 is 29.6 Å². The Bertz CT molecular complexity index is 743.